The number of nitrogens with one attached hydrogen (secondary N) is 1. The summed E-state index contributed by atoms with van der Waals surface area (Å²) >= 11 is 0. The molecule has 8 heteroatoms. The van der Waals surface area contributed by atoms with Gasteiger partial charge in [0.1, 0.15) is 11.6 Å². The van der Waals surface area contributed by atoms with Crippen LogP contribution in [0, 0.1) is 11.6 Å². The van der Waals surface area contributed by atoms with E-state index >= 15 is 0 Å². The van der Waals surface area contributed by atoms with Crippen molar-refractivity contribution in [2.24, 2.45) is 0 Å². The zero-order valence-corrected chi connectivity index (χ0v) is 11.1. The fraction of sp³-hybridized carbons (Fsp3) is 0.308. The molecule has 0 amide bonds. The summed E-state index contributed by atoms with van der Waals surface area (Å²) in [6, 6.07) is 3.42. The average molecular weight is 296 g/mol. The van der Waals surface area contributed by atoms with E-state index in [-0.39, 0.29) is 5.69 Å². The van der Waals surface area contributed by atoms with Crippen LogP contribution in [0.3, 0.4) is 0 Å². The van der Waals surface area contributed by atoms with Crippen LogP contribution in [-0.4, -0.2) is 39.2 Å². The largest absolute Gasteiger partial charge is 0.476 e. The van der Waals surface area contributed by atoms with Crippen LogP contribution in [0.1, 0.15) is 16.1 Å². The van der Waals surface area contributed by atoms with Crippen molar-refractivity contribution in [1.29, 1.82) is 0 Å². The lowest BCUT2D eigenvalue weighted by atomic mass is 10.1. The van der Waals surface area contributed by atoms with Gasteiger partial charge < -0.3 is 10.4 Å². The van der Waals surface area contributed by atoms with Gasteiger partial charge in [0.05, 0.1) is 12.7 Å². The van der Waals surface area contributed by atoms with E-state index in [1.54, 1.807) is 0 Å². The summed E-state index contributed by atoms with van der Waals surface area (Å²) in [5, 5.41) is 18.9. The Morgan fingerprint density at radius 3 is 2.57 bits per heavy atom. The molecular formula is C13H14F2N4O2. The number of benzene rings is 1. The molecule has 0 spiro atoms. The third-order valence-corrected chi connectivity index (χ3v) is 2.79. The van der Waals surface area contributed by atoms with Crippen LogP contribution in [0.2, 0.25) is 0 Å². The zero-order chi connectivity index (χ0) is 15.2. The third-order valence-electron chi connectivity index (χ3n) is 2.79. The molecule has 2 aromatic rings. The molecule has 21 heavy (non-hydrogen) atoms. The fourth-order valence-corrected chi connectivity index (χ4v) is 1.81. The molecule has 0 aliphatic rings. The molecule has 0 saturated carbocycles. The summed E-state index contributed by atoms with van der Waals surface area (Å²) in [5.74, 6) is -2.30. The molecule has 1 heterocycles. The Kier molecular flexibility index (Phi) is 4.94. The lowest BCUT2D eigenvalue weighted by molar-refractivity contribution is 0.0690. The van der Waals surface area contributed by atoms with Gasteiger partial charge in [-0.1, -0.05) is 5.21 Å². The third kappa shape index (κ3) is 4.60. The molecule has 0 aliphatic heterocycles. The molecule has 1 aromatic heterocycles. The minimum absolute atomic E-state index is 0.106. The smallest absolute Gasteiger partial charge is 0.358 e. The number of carboxylic acids is 1. The van der Waals surface area contributed by atoms with Crippen molar-refractivity contribution in [2.45, 2.75) is 13.0 Å². The van der Waals surface area contributed by atoms with Crippen LogP contribution < -0.4 is 5.32 Å². The van der Waals surface area contributed by atoms with Crippen molar-refractivity contribution in [3.05, 3.63) is 47.3 Å². The number of nitrogens with zero attached hydrogens (tertiary/aromatic N) is 3. The molecular weight excluding hydrogens is 282 g/mol. The second kappa shape index (κ2) is 6.89. The van der Waals surface area contributed by atoms with Gasteiger partial charge in [-0.15, -0.1) is 5.10 Å². The molecule has 0 bridgehead atoms. The lowest BCUT2D eigenvalue weighted by Crippen LogP contribution is -2.22. The van der Waals surface area contributed by atoms with Gasteiger partial charge in [-0.2, -0.15) is 0 Å². The van der Waals surface area contributed by atoms with Gasteiger partial charge in [0.25, 0.3) is 0 Å². The zero-order valence-electron chi connectivity index (χ0n) is 11.1. The van der Waals surface area contributed by atoms with Crippen LogP contribution in [0.4, 0.5) is 8.78 Å². The van der Waals surface area contributed by atoms with Crippen molar-refractivity contribution in [2.75, 3.05) is 13.1 Å². The van der Waals surface area contributed by atoms with Gasteiger partial charge in [-0.25, -0.2) is 13.6 Å². The van der Waals surface area contributed by atoms with Gasteiger partial charge in [0, 0.05) is 12.6 Å². The van der Waals surface area contributed by atoms with Gasteiger partial charge >= 0.3 is 5.97 Å². The summed E-state index contributed by atoms with van der Waals surface area (Å²) in [4.78, 5) is 10.6. The predicted octanol–water partition coefficient (Wildman–Crippen LogP) is 1.09. The fourth-order valence-electron chi connectivity index (χ4n) is 1.81. The summed E-state index contributed by atoms with van der Waals surface area (Å²) in [6.45, 7) is 1.54. The van der Waals surface area contributed by atoms with Gasteiger partial charge in [-0.3, -0.25) is 4.68 Å². The summed E-state index contributed by atoms with van der Waals surface area (Å²) in [7, 11) is 0. The van der Waals surface area contributed by atoms with E-state index in [0.29, 0.717) is 31.6 Å². The Morgan fingerprint density at radius 1 is 1.24 bits per heavy atom. The molecule has 0 saturated heterocycles. The molecule has 2 N–H and O–H groups in total. The number of hydrogen-bond donors (Lipinski definition) is 2. The first-order chi connectivity index (χ1) is 10.0. The average Bonchev–Trinajstić information content (AvgIpc) is 2.86. The second-order valence-corrected chi connectivity index (χ2v) is 4.45. The summed E-state index contributed by atoms with van der Waals surface area (Å²) in [6.07, 6.45) is 1.83. The van der Waals surface area contributed by atoms with E-state index in [4.69, 9.17) is 5.11 Å². The maximum Gasteiger partial charge on any atom is 0.358 e. The van der Waals surface area contributed by atoms with Crippen LogP contribution in [0.5, 0.6) is 0 Å². The molecule has 6 nitrogen and oxygen atoms in total. The predicted molar refractivity (Wildman–Crippen MR) is 69.9 cm³/mol. The summed E-state index contributed by atoms with van der Waals surface area (Å²) in [5.41, 5.74) is 0.471. The Morgan fingerprint density at radius 2 is 1.95 bits per heavy atom. The first-order valence-corrected chi connectivity index (χ1v) is 6.34. The van der Waals surface area contributed by atoms with Crippen molar-refractivity contribution in [1.82, 2.24) is 20.3 Å². The Bertz CT molecular complexity index is 610. The normalized spacial score (nSPS) is 10.8. The van der Waals surface area contributed by atoms with E-state index in [1.165, 1.54) is 23.0 Å². The number of rotatable bonds is 7. The van der Waals surface area contributed by atoms with E-state index in [9.17, 15) is 13.6 Å². The van der Waals surface area contributed by atoms with Gasteiger partial charge in [0.2, 0.25) is 0 Å². The SMILES string of the molecule is O=C(O)c1cn(CCNCCc2cc(F)cc(F)c2)nn1. The summed E-state index contributed by atoms with van der Waals surface area (Å²) < 4.78 is 27.3. The Balaban J connectivity index is 1.71. The van der Waals surface area contributed by atoms with Crippen molar-refractivity contribution in [3.63, 3.8) is 0 Å². The number of carboxylic acid groups (broad SMARTS) is 1. The van der Waals surface area contributed by atoms with E-state index in [1.807, 2.05) is 0 Å². The van der Waals surface area contributed by atoms with Crippen LogP contribution in [0.15, 0.2) is 24.4 Å². The quantitative estimate of drug-likeness (QED) is 0.748. The van der Waals surface area contributed by atoms with E-state index < -0.39 is 17.6 Å². The van der Waals surface area contributed by atoms with E-state index in [2.05, 4.69) is 15.6 Å². The van der Waals surface area contributed by atoms with Gasteiger partial charge in [0.15, 0.2) is 5.69 Å². The maximum absolute atomic E-state index is 13.0. The number of aromatic carboxylic acids is 1. The minimum Gasteiger partial charge on any atom is -0.476 e. The highest BCUT2D eigenvalue weighted by Crippen LogP contribution is 2.07. The van der Waals surface area contributed by atoms with E-state index in [0.717, 1.165) is 6.07 Å². The van der Waals surface area contributed by atoms with Crippen LogP contribution in [-0.2, 0) is 13.0 Å². The number of aromatic nitrogens is 3. The number of halogens is 2. The number of carbonyl (C=O) groups is 1. The van der Waals surface area contributed by atoms with Crippen molar-refractivity contribution < 1.29 is 18.7 Å². The van der Waals surface area contributed by atoms with Crippen LogP contribution in [0.25, 0.3) is 0 Å². The Labute approximate surface area is 119 Å². The highest BCUT2D eigenvalue weighted by Gasteiger charge is 2.07. The minimum atomic E-state index is -1.12. The van der Waals surface area contributed by atoms with Gasteiger partial charge in [-0.05, 0) is 30.7 Å². The second-order valence-electron chi connectivity index (χ2n) is 4.45. The highest BCUT2D eigenvalue weighted by atomic mass is 19.1. The molecule has 0 unspecified atom stereocenters. The van der Waals surface area contributed by atoms with Crippen molar-refractivity contribution in [3.8, 4) is 0 Å². The molecule has 2 rings (SSSR count). The maximum atomic E-state index is 13.0. The standard InChI is InChI=1S/C13H14F2N4O2/c14-10-5-9(6-11(15)7-10)1-2-16-3-4-19-8-12(13(20)21)17-18-19/h5-8,16H,1-4H2,(H,20,21). The molecule has 0 aliphatic carbocycles. The lowest BCUT2D eigenvalue weighted by Gasteiger charge is -2.05. The molecule has 1 aromatic carbocycles. The first-order valence-electron chi connectivity index (χ1n) is 6.34. The Hall–Kier alpha value is -2.35. The van der Waals surface area contributed by atoms with Crippen LogP contribution >= 0.6 is 0 Å². The molecule has 0 atom stereocenters. The topological polar surface area (TPSA) is 80.0 Å². The first kappa shape index (κ1) is 15.0. The highest BCUT2D eigenvalue weighted by molar-refractivity contribution is 5.84. The molecule has 112 valence electrons. The van der Waals surface area contributed by atoms with Crippen molar-refractivity contribution >= 4 is 5.97 Å². The molecule has 0 radical (unpaired) electrons. The number of hydrogen-bond acceptors (Lipinski definition) is 4. The molecule has 0 fully saturated rings. The monoisotopic (exact) mass is 296 g/mol.